The maximum atomic E-state index is 5.49. The summed E-state index contributed by atoms with van der Waals surface area (Å²) in [6.07, 6.45) is 6.01. The van der Waals surface area contributed by atoms with Crippen LogP contribution in [0.5, 0.6) is 0 Å². The Kier molecular flexibility index (Phi) is 3.34. The minimum Gasteiger partial charge on any atom is -0.464 e. The highest BCUT2D eigenvalue weighted by Gasteiger charge is 2.06. The van der Waals surface area contributed by atoms with Crippen LogP contribution in [0.4, 0.5) is 0 Å². The van der Waals surface area contributed by atoms with Crippen molar-refractivity contribution in [1.82, 2.24) is 0 Å². The zero-order chi connectivity index (χ0) is 10.7. The SMILES string of the molecule is CC(C)=C/C=C(\C)c1occ(C)c1C. The molecule has 0 amide bonds. The van der Waals surface area contributed by atoms with Crippen molar-refractivity contribution in [2.45, 2.75) is 34.6 Å². The van der Waals surface area contributed by atoms with E-state index in [2.05, 4.69) is 46.8 Å². The van der Waals surface area contributed by atoms with E-state index in [1.54, 1.807) is 0 Å². The van der Waals surface area contributed by atoms with Gasteiger partial charge in [0.2, 0.25) is 0 Å². The van der Waals surface area contributed by atoms with E-state index >= 15 is 0 Å². The molecule has 0 aliphatic rings. The summed E-state index contributed by atoms with van der Waals surface area (Å²) in [6, 6.07) is 0. The fourth-order valence-electron chi connectivity index (χ4n) is 1.26. The highest BCUT2D eigenvalue weighted by atomic mass is 16.3. The van der Waals surface area contributed by atoms with Crippen molar-refractivity contribution in [1.29, 1.82) is 0 Å². The van der Waals surface area contributed by atoms with Crippen LogP contribution in [-0.4, -0.2) is 0 Å². The molecule has 0 bridgehead atoms. The molecule has 0 unspecified atom stereocenters. The van der Waals surface area contributed by atoms with Gasteiger partial charge in [-0.25, -0.2) is 0 Å². The molecule has 0 aliphatic heterocycles. The largest absolute Gasteiger partial charge is 0.464 e. The molecule has 76 valence electrons. The zero-order valence-electron chi connectivity index (χ0n) is 9.64. The lowest BCUT2D eigenvalue weighted by Crippen LogP contribution is -1.80. The van der Waals surface area contributed by atoms with Gasteiger partial charge in [-0.3, -0.25) is 0 Å². The third-order valence-corrected chi connectivity index (χ3v) is 2.31. The van der Waals surface area contributed by atoms with Gasteiger partial charge in [0.15, 0.2) is 0 Å². The molecule has 1 rings (SSSR count). The second kappa shape index (κ2) is 4.32. The summed E-state index contributed by atoms with van der Waals surface area (Å²) in [5, 5.41) is 0. The molecule has 0 N–H and O–H groups in total. The molecule has 0 spiro atoms. The maximum Gasteiger partial charge on any atom is 0.132 e. The standard InChI is InChI=1S/C13H18O/c1-9(2)6-7-10(3)13-12(5)11(4)8-14-13/h6-8H,1-5H3/b10-7+. The molecule has 0 aromatic carbocycles. The molecule has 1 aromatic rings. The second-order valence-electron chi connectivity index (χ2n) is 3.97. The third-order valence-electron chi connectivity index (χ3n) is 2.31. The van der Waals surface area contributed by atoms with E-state index in [-0.39, 0.29) is 0 Å². The van der Waals surface area contributed by atoms with Gasteiger partial charge < -0.3 is 4.42 Å². The van der Waals surface area contributed by atoms with E-state index < -0.39 is 0 Å². The zero-order valence-corrected chi connectivity index (χ0v) is 9.64. The Labute approximate surface area is 86.1 Å². The molecule has 0 aliphatic carbocycles. The van der Waals surface area contributed by atoms with Crippen LogP contribution in [0.2, 0.25) is 0 Å². The molecular formula is C13H18O. The number of hydrogen-bond donors (Lipinski definition) is 0. The van der Waals surface area contributed by atoms with E-state index in [0.29, 0.717) is 0 Å². The van der Waals surface area contributed by atoms with Gasteiger partial charge in [-0.05, 0) is 51.3 Å². The van der Waals surface area contributed by atoms with Crippen LogP contribution in [0.3, 0.4) is 0 Å². The average molecular weight is 190 g/mol. The minimum absolute atomic E-state index is 1.00. The summed E-state index contributed by atoms with van der Waals surface area (Å²) < 4.78 is 5.49. The number of hydrogen-bond acceptors (Lipinski definition) is 1. The Balaban J connectivity index is 3.00. The Morgan fingerprint density at radius 1 is 1.14 bits per heavy atom. The van der Waals surface area contributed by atoms with Crippen molar-refractivity contribution in [3.05, 3.63) is 40.9 Å². The van der Waals surface area contributed by atoms with Gasteiger partial charge in [0.25, 0.3) is 0 Å². The number of furan rings is 1. The van der Waals surface area contributed by atoms with Crippen LogP contribution >= 0.6 is 0 Å². The van der Waals surface area contributed by atoms with Crippen LogP contribution in [0.1, 0.15) is 37.7 Å². The first-order valence-electron chi connectivity index (χ1n) is 4.89. The maximum absolute atomic E-state index is 5.49. The first-order valence-corrected chi connectivity index (χ1v) is 4.89. The van der Waals surface area contributed by atoms with Crippen molar-refractivity contribution in [2.75, 3.05) is 0 Å². The van der Waals surface area contributed by atoms with E-state index in [4.69, 9.17) is 4.42 Å². The molecule has 0 saturated heterocycles. The highest BCUT2D eigenvalue weighted by molar-refractivity contribution is 5.64. The summed E-state index contributed by atoms with van der Waals surface area (Å²) in [5.41, 5.74) is 4.92. The van der Waals surface area contributed by atoms with Gasteiger partial charge in [-0.2, -0.15) is 0 Å². The van der Waals surface area contributed by atoms with E-state index in [0.717, 1.165) is 5.76 Å². The second-order valence-corrected chi connectivity index (χ2v) is 3.97. The summed E-state index contributed by atoms with van der Waals surface area (Å²) in [7, 11) is 0. The van der Waals surface area contributed by atoms with Crippen molar-refractivity contribution in [3.8, 4) is 0 Å². The number of allylic oxidation sites excluding steroid dienone is 4. The summed E-state index contributed by atoms with van der Waals surface area (Å²) in [5.74, 6) is 1.00. The average Bonchev–Trinajstić information content (AvgIpc) is 2.44. The first kappa shape index (κ1) is 10.8. The Morgan fingerprint density at radius 3 is 2.21 bits per heavy atom. The van der Waals surface area contributed by atoms with Gasteiger partial charge in [-0.1, -0.05) is 17.7 Å². The Morgan fingerprint density at radius 2 is 1.79 bits per heavy atom. The molecule has 1 nitrogen and oxygen atoms in total. The Bertz CT molecular complexity index is 374. The molecule has 1 heterocycles. The van der Waals surface area contributed by atoms with Crippen LogP contribution in [0.15, 0.2) is 28.4 Å². The quantitative estimate of drug-likeness (QED) is 0.635. The predicted molar refractivity (Wildman–Crippen MR) is 61.3 cm³/mol. The van der Waals surface area contributed by atoms with Gasteiger partial charge in [-0.15, -0.1) is 0 Å². The van der Waals surface area contributed by atoms with E-state index in [9.17, 15) is 0 Å². The van der Waals surface area contributed by atoms with Gasteiger partial charge in [0, 0.05) is 0 Å². The first-order chi connectivity index (χ1) is 6.52. The molecule has 0 radical (unpaired) electrons. The third kappa shape index (κ3) is 2.38. The summed E-state index contributed by atoms with van der Waals surface area (Å²) in [6.45, 7) is 10.4. The fourth-order valence-corrected chi connectivity index (χ4v) is 1.26. The predicted octanol–water partition coefficient (Wildman–Crippen LogP) is 4.27. The van der Waals surface area contributed by atoms with Crippen molar-refractivity contribution in [3.63, 3.8) is 0 Å². The topological polar surface area (TPSA) is 13.1 Å². The van der Waals surface area contributed by atoms with E-state index in [1.165, 1.54) is 22.3 Å². The van der Waals surface area contributed by atoms with Crippen LogP contribution in [-0.2, 0) is 0 Å². The van der Waals surface area contributed by atoms with E-state index in [1.807, 2.05) is 6.26 Å². The van der Waals surface area contributed by atoms with Crippen LogP contribution in [0.25, 0.3) is 5.57 Å². The number of aryl methyl sites for hydroxylation is 1. The fraction of sp³-hybridized carbons (Fsp3) is 0.385. The summed E-state index contributed by atoms with van der Waals surface area (Å²) >= 11 is 0. The smallest absolute Gasteiger partial charge is 0.132 e. The molecule has 0 atom stereocenters. The summed E-state index contributed by atoms with van der Waals surface area (Å²) in [4.78, 5) is 0. The lowest BCUT2D eigenvalue weighted by Gasteiger charge is -1.97. The molecular weight excluding hydrogens is 172 g/mol. The molecule has 0 saturated carbocycles. The van der Waals surface area contributed by atoms with Gasteiger partial charge in [0.1, 0.15) is 5.76 Å². The monoisotopic (exact) mass is 190 g/mol. The molecule has 1 heteroatoms. The normalized spacial score (nSPS) is 11.6. The number of rotatable bonds is 2. The lowest BCUT2D eigenvalue weighted by atomic mass is 10.1. The molecule has 1 aromatic heterocycles. The Hall–Kier alpha value is -1.24. The van der Waals surface area contributed by atoms with Crippen molar-refractivity contribution >= 4 is 5.57 Å². The minimum atomic E-state index is 1.00. The molecule has 14 heavy (non-hydrogen) atoms. The van der Waals surface area contributed by atoms with Crippen LogP contribution < -0.4 is 0 Å². The highest BCUT2D eigenvalue weighted by Crippen LogP contribution is 2.22. The van der Waals surface area contributed by atoms with Gasteiger partial charge in [0.05, 0.1) is 6.26 Å². The van der Waals surface area contributed by atoms with Crippen LogP contribution in [0, 0.1) is 13.8 Å². The van der Waals surface area contributed by atoms with Crippen molar-refractivity contribution < 1.29 is 4.42 Å². The van der Waals surface area contributed by atoms with Gasteiger partial charge >= 0.3 is 0 Å². The van der Waals surface area contributed by atoms with Crippen molar-refractivity contribution in [2.24, 2.45) is 0 Å². The molecule has 0 fully saturated rings. The lowest BCUT2D eigenvalue weighted by molar-refractivity contribution is 0.549.